The van der Waals surface area contributed by atoms with Crippen molar-refractivity contribution in [2.45, 2.75) is 18.9 Å². The van der Waals surface area contributed by atoms with Crippen LogP contribution in [0.4, 0.5) is 5.69 Å². The van der Waals surface area contributed by atoms with E-state index in [2.05, 4.69) is 16.3 Å². The molecule has 4 rings (SSSR count). The van der Waals surface area contributed by atoms with Crippen LogP contribution in [0.2, 0.25) is 0 Å². The summed E-state index contributed by atoms with van der Waals surface area (Å²) in [5, 5.41) is 12.6. The van der Waals surface area contributed by atoms with Gasteiger partial charge in [0, 0.05) is 12.6 Å². The predicted octanol–water partition coefficient (Wildman–Crippen LogP) is 2.06. The third kappa shape index (κ3) is 2.01. The minimum atomic E-state index is 0.520. The maximum atomic E-state index is 9.08. The van der Waals surface area contributed by atoms with E-state index >= 15 is 0 Å². The zero-order valence-corrected chi connectivity index (χ0v) is 9.89. The van der Waals surface area contributed by atoms with Crippen LogP contribution in [0.1, 0.15) is 18.4 Å². The quantitative estimate of drug-likeness (QED) is 0.840. The molecule has 0 radical (unpaired) electrons. The highest BCUT2D eigenvalue weighted by Gasteiger charge is 2.34. The van der Waals surface area contributed by atoms with Gasteiger partial charge in [0.1, 0.15) is 6.07 Å². The van der Waals surface area contributed by atoms with Gasteiger partial charge in [0.2, 0.25) is 0 Å². The topological polar surface area (TPSA) is 39.1 Å². The van der Waals surface area contributed by atoms with Crippen molar-refractivity contribution in [3.63, 3.8) is 0 Å². The second-order valence-corrected chi connectivity index (χ2v) is 5.05. The van der Waals surface area contributed by atoms with Gasteiger partial charge in [-0.3, -0.25) is 0 Å². The smallest absolute Gasteiger partial charge is 0.101 e. The molecule has 88 valence electrons. The molecule has 1 aromatic rings. The van der Waals surface area contributed by atoms with Crippen molar-refractivity contribution in [2.24, 2.45) is 5.92 Å². The molecule has 0 aromatic heterocycles. The molecule has 3 heterocycles. The van der Waals surface area contributed by atoms with Crippen LogP contribution in [-0.2, 0) is 0 Å². The van der Waals surface area contributed by atoms with Gasteiger partial charge in [0.05, 0.1) is 11.3 Å². The molecule has 0 saturated carbocycles. The van der Waals surface area contributed by atoms with Gasteiger partial charge in [0.15, 0.2) is 0 Å². The van der Waals surface area contributed by atoms with Gasteiger partial charge in [-0.2, -0.15) is 5.26 Å². The lowest BCUT2D eigenvalue weighted by Gasteiger charge is -2.45. The average Bonchev–Trinajstić information content (AvgIpc) is 2.41. The Bertz CT molecular complexity index is 441. The number of anilines is 1. The monoisotopic (exact) mass is 227 g/mol. The highest BCUT2D eigenvalue weighted by molar-refractivity contribution is 5.57. The molecule has 0 aliphatic carbocycles. The normalized spacial score (nSPS) is 30.9. The van der Waals surface area contributed by atoms with Crippen LogP contribution in [0.3, 0.4) is 0 Å². The number of nitrogens with one attached hydrogen (secondary N) is 1. The number of benzene rings is 1. The van der Waals surface area contributed by atoms with Crippen molar-refractivity contribution in [3.8, 4) is 6.07 Å². The lowest BCUT2D eigenvalue weighted by Crippen LogP contribution is -2.53. The van der Waals surface area contributed by atoms with E-state index in [1.807, 2.05) is 24.3 Å². The Balaban J connectivity index is 1.77. The molecule has 3 aliphatic rings. The van der Waals surface area contributed by atoms with Crippen molar-refractivity contribution in [2.75, 3.05) is 25.0 Å². The van der Waals surface area contributed by atoms with Gasteiger partial charge in [-0.05, 0) is 44.0 Å². The number of fused-ring (bicyclic) bond motifs is 3. The largest absolute Gasteiger partial charge is 0.380 e. The zero-order valence-electron chi connectivity index (χ0n) is 9.89. The van der Waals surface area contributed by atoms with Crippen LogP contribution in [-0.4, -0.2) is 30.6 Å². The van der Waals surface area contributed by atoms with Gasteiger partial charge in [-0.25, -0.2) is 0 Å². The zero-order chi connectivity index (χ0) is 11.7. The first kappa shape index (κ1) is 10.6. The first-order valence-electron chi connectivity index (χ1n) is 6.35. The van der Waals surface area contributed by atoms with E-state index in [9.17, 15) is 0 Å². The van der Waals surface area contributed by atoms with Crippen LogP contribution >= 0.6 is 0 Å². The van der Waals surface area contributed by atoms with Crippen LogP contribution in [0.25, 0.3) is 0 Å². The van der Waals surface area contributed by atoms with Crippen molar-refractivity contribution < 1.29 is 0 Å². The van der Waals surface area contributed by atoms with E-state index in [0.717, 1.165) is 23.7 Å². The fraction of sp³-hybridized carbons (Fsp3) is 0.500. The molecule has 0 amide bonds. The molecule has 3 saturated heterocycles. The Kier molecular flexibility index (Phi) is 2.74. The maximum absolute atomic E-state index is 9.08. The molecule has 0 spiro atoms. The Morgan fingerprint density at radius 1 is 1.24 bits per heavy atom. The highest BCUT2D eigenvalue weighted by atomic mass is 15.2. The lowest BCUT2D eigenvalue weighted by atomic mass is 9.84. The summed E-state index contributed by atoms with van der Waals surface area (Å²) in [6.07, 6.45) is 2.60. The van der Waals surface area contributed by atoms with E-state index < -0.39 is 0 Å². The molecule has 3 aliphatic heterocycles. The summed E-state index contributed by atoms with van der Waals surface area (Å²) in [7, 11) is 0. The van der Waals surface area contributed by atoms with E-state index in [1.165, 1.54) is 25.9 Å². The number of para-hydroxylation sites is 1. The minimum absolute atomic E-state index is 0.520. The Labute approximate surface area is 102 Å². The molecule has 3 heteroatoms. The van der Waals surface area contributed by atoms with Crippen LogP contribution in [0.15, 0.2) is 24.3 Å². The lowest BCUT2D eigenvalue weighted by molar-refractivity contribution is 0.0975. The second kappa shape index (κ2) is 4.38. The molecule has 1 N–H and O–H groups in total. The molecule has 2 bridgehead atoms. The van der Waals surface area contributed by atoms with Crippen LogP contribution in [0, 0.1) is 17.2 Å². The Hall–Kier alpha value is -1.53. The van der Waals surface area contributed by atoms with E-state index in [4.69, 9.17) is 5.26 Å². The maximum Gasteiger partial charge on any atom is 0.101 e. The third-order valence-electron chi connectivity index (χ3n) is 4.04. The van der Waals surface area contributed by atoms with Crippen molar-refractivity contribution in [1.82, 2.24) is 4.90 Å². The predicted molar refractivity (Wildman–Crippen MR) is 67.7 cm³/mol. The summed E-state index contributed by atoms with van der Waals surface area (Å²) in [5.74, 6) is 0.784. The molecule has 1 aromatic carbocycles. The van der Waals surface area contributed by atoms with Gasteiger partial charge < -0.3 is 10.2 Å². The van der Waals surface area contributed by atoms with Crippen molar-refractivity contribution in [1.29, 1.82) is 5.26 Å². The second-order valence-electron chi connectivity index (χ2n) is 5.05. The van der Waals surface area contributed by atoms with E-state index in [-0.39, 0.29) is 0 Å². The van der Waals surface area contributed by atoms with Gasteiger partial charge in [-0.1, -0.05) is 12.1 Å². The van der Waals surface area contributed by atoms with Crippen LogP contribution < -0.4 is 5.32 Å². The summed E-state index contributed by atoms with van der Waals surface area (Å²) in [6.45, 7) is 3.63. The Morgan fingerprint density at radius 3 is 2.65 bits per heavy atom. The fourth-order valence-corrected chi connectivity index (χ4v) is 3.03. The highest BCUT2D eigenvalue weighted by Crippen LogP contribution is 2.30. The third-order valence-corrected chi connectivity index (χ3v) is 4.04. The fourth-order valence-electron chi connectivity index (χ4n) is 3.03. The number of nitriles is 1. The summed E-state index contributed by atoms with van der Waals surface area (Å²) in [5.41, 5.74) is 1.75. The average molecular weight is 227 g/mol. The molecule has 1 atom stereocenters. The Morgan fingerprint density at radius 2 is 2.00 bits per heavy atom. The standard InChI is InChI=1S/C14H17N3/c15-9-12-3-1-2-4-13(12)16-14-10-17-7-5-11(14)6-8-17/h1-4,11,14,16H,5-8,10H2. The first-order chi connectivity index (χ1) is 8.36. The number of rotatable bonds is 2. The molecule has 1 unspecified atom stereocenters. The summed E-state index contributed by atoms with van der Waals surface area (Å²) in [6, 6.07) is 10.6. The first-order valence-corrected chi connectivity index (χ1v) is 6.35. The van der Waals surface area contributed by atoms with Crippen molar-refractivity contribution in [3.05, 3.63) is 29.8 Å². The van der Waals surface area contributed by atoms with Gasteiger partial charge in [0.25, 0.3) is 0 Å². The van der Waals surface area contributed by atoms with E-state index in [1.54, 1.807) is 0 Å². The number of nitrogens with zero attached hydrogens (tertiary/aromatic N) is 2. The van der Waals surface area contributed by atoms with Gasteiger partial charge in [-0.15, -0.1) is 0 Å². The summed E-state index contributed by atoms with van der Waals surface area (Å²) in [4.78, 5) is 2.52. The van der Waals surface area contributed by atoms with Gasteiger partial charge >= 0.3 is 0 Å². The summed E-state index contributed by atoms with van der Waals surface area (Å²) < 4.78 is 0. The SMILES string of the molecule is N#Cc1ccccc1NC1CN2CCC1CC2. The summed E-state index contributed by atoms with van der Waals surface area (Å²) >= 11 is 0. The van der Waals surface area contributed by atoms with Crippen LogP contribution in [0.5, 0.6) is 0 Å². The molecule has 3 nitrogen and oxygen atoms in total. The number of piperidine rings is 3. The minimum Gasteiger partial charge on any atom is -0.380 e. The molecular weight excluding hydrogens is 210 g/mol. The number of hydrogen-bond acceptors (Lipinski definition) is 3. The molecule has 3 fully saturated rings. The number of hydrogen-bond donors (Lipinski definition) is 1. The van der Waals surface area contributed by atoms with E-state index in [0.29, 0.717) is 6.04 Å². The van der Waals surface area contributed by atoms with Crippen molar-refractivity contribution >= 4 is 5.69 Å². The molecular formula is C14H17N3. The molecule has 17 heavy (non-hydrogen) atoms.